The first kappa shape index (κ1) is 10.1. The Balaban J connectivity index is 2.54. The number of hydrogen-bond acceptors (Lipinski definition) is 3. The second-order valence-electron chi connectivity index (χ2n) is 2.41. The van der Waals surface area contributed by atoms with Crippen LogP contribution in [0.1, 0.15) is 0 Å². The highest BCUT2D eigenvalue weighted by Crippen LogP contribution is 2.25. The van der Waals surface area contributed by atoms with Gasteiger partial charge in [0.15, 0.2) is 11.5 Å². The van der Waals surface area contributed by atoms with E-state index >= 15 is 0 Å². The molecule has 14 heavy (non-hydrogen) atoms. The van der Waals surface area contributed by atoms with Crippen LogP contribution in [0.3, 0.4) is 0 Å². The molecule has 1 N–H and O–H groups in total. The minimum Gasteiger partial charge on any atom is -0.504 e. The van der Waals surface area contributed by atoms with Crippen LogP contribution < -0.4 is 4.74 Å². The lowest BCUT2D eigenvalue weighted by Gasteiger charge is -2.05. The molecule has 0 aliphatic carbocycles. The van der Waals surface area contributed by atoms with Crippen LogP contribution in [0.15, 0.2) is 23.3 Å². The topological polar surface area (TPSA) is 78.2 Å². The van der Waals surface area contributed by atoms with E-state index in [1.807, 2.05) is 0 Å². The largest absolute Gasteiger partial charge is 0.504 e. The predicted octanol–water partition coefficient (Wildman–Crippen LogP) is 2.22. The summed E-state index contributed by atoms with van der Waals surface area (Å²) in [5.74, 6) is -0.643. The summed E-state index contributed by atoms with van der Waals surface area (Å²) >= 11 is 0. The molecule has 0 amide bonds. The third-order valence-corrected chi connectivity index (χ3v) is 1.43. The molecule has 0 spiro atoms. The Morgan fingerprint density at radius 2 is 2.36 bits per heavy atom. The van der Waals surface area contributed by atoms with E-state index in [4.69, 9.17) is 10.3 Å². The Morgan fingerprint density at radius 1 is 1.57 bits per heavy atom. The normalized spacial score (nSPS) is 9.21. The summed E-state index contributed by atoms with van der Waals surface area (Å²) in [4.78, 5) is 2.53. The van der Waals surface area contributed by atoms with Crippen molar-refractivity contribution in [2.45, 2.75) is 0 Å². The number of hydrogen-bond donors (Lipinski definition) is 1. The van der Waals surface area contributed by atoms with Gasteiger partial charge in [-0.1, -0.05) is 5.11 Å². The van der Waals surface area contributed by atoms with Crippen molar-refractivity contribution in [2.75, 3.05) is 13.2 Å². The number of azide groups is 1. The Hall–Kier alpha value is -1.94. The van der Waals surface area contributed by atoms with Crippen LogP contribution in [0.25, 0.3) is 10.4 Å². The van der Waals surface area contributed by atoms with Crippen LogP contribution in [0, 0.1) is 5.82 Å². The molecule has 0 aromatic heterocycles. The number of benzene rings is 1. The maximum Gasteiger partial charge on any atom is 0.161 e. The number of nitrogens with zero attached hydrogens (tertiary/aromatic N) is 3. The molecule has 0 aliphatic heterocycles. The second kappa shape index (κ2) is 4.94. The van der Waals surface area contributed by atoms with Gasteiger partial charge in [0, 0.05) is 11.0 Å². The zero-order valence-electron chi connectivity index (χ0n) is 7.22. The summed E-state index contributed by atoms with van der Waals surface area (Å²) in [5.41, 5.74) is 7.96. The molecule has 0 fully saturated rings. The highest BCUT2D eigenvalue weighted by molar-refractivity contribution is 5.38. The Kier molecular flexibility index (Phi) is 3.58. The van der Waals surface area contributed by atoms with Crippen molar-refractivity contribution in [2.24, 2.45) is 5.11 Å². The summed E-state index contributed by atoms with van der Waals surface area (Å²) < 4.78 is 17.5. The van der Waals surface area contributed by atoms with Crippen molar-refractivity contribution < 1.29 is 14.2 Å². The van der Waals surface area contributed by atoms with Crippen LogP contribution >= 0.6 is 0 Å². The van der Waals surface area contributed by atoms with E-state index in [0.29, 0.717) is 0 Å². The van der Waals surface area contributed by atoms with Gasteiger partial charge in [-0.25, -0.2) is 4.39 Å². The third kappa shape index (κ3) is 2.84. The summed E-state index contributed by atoms with van der Waals surface area (Å²) in [6.45, 7) is 0.302. The van der Waals surface area contributed by atoms with E-state index in [1.54, 1.807) is 0 Å². The zero-order chi connectivity index (χ0) is 10.4. The third-order valence-electron chi connectivity index (χ3n) is 1.43. The van der Waals surface area contributed by atoms with Crippen molar-refractivity contribution in [3.8, 4) is 11.5 Å². The van der Waals surface area contributed by atoms with Crippen LogP contribution in [-0.2, 0) is 0 Å². The van der Waals surface area contributed by atoms with Crippen LogP contribution in [0.2, 0.25) is 0 Å². The smallest absolute Gasteiger partial charge is 0.161 e. The standard InChI is InChI=1S/C8H8FN3O2/c9-6-1-2-8(7(13)5-6)14-4-3-11-12-10/h1-2,5,13H,3-4H2. The minimum atomic E-state index is -0.537. The fraction of sp³-hybridized carbons (Fsp3) is 0.250. The summed E-state index contributed by atoms with van der Waals surface area (Å²) in [6.07, 6.45) is 0. The number of halogens is 1. The molecular formula is C8H8FN3O2. The highest BCUT2D eigenvalue weighted by atomic mass is 19.1. The van der Waals surface area contributed by atoms with Gasteiger partial charge >= 0.3 is 0 Å². The lowest BCUT2D eigenvalue weighted by atomic mass is 10.3. The van der Waals surface area contributed by atoms with Crippen molar-refractivity contribution in [1.82, 2.24) is 0 Å². The Bertz CT molecular complexity index is 364. The Labute approximate surface area is 79.4 Å². The average Bonchev–Trinajstić information content (AvgIpc) is 2.15. The molecule has 0 aliphatic rings. The van der Waals surface area contributed by atoms with E-state index in [2.05, 4.69) is 10.0 Å². The van der Waals surface area contributed by atoms with Gasteiger partial charge in [0.05, 0.1) is 13.2 Å². The van der Waals surface area contributed by atoms with E-state index in [-0.39, 0.29) is 24.7 Å². The number of phenolic OH excluding ortho intramolecular Hbond substituents is 1. The number of rotatable bonds is 4. The predicted molar refractivity (Wildman–Crippen MR) is 47.6 cm³/mol. The fourth-order valence-corrected chi connectivity index (χ4v) is 0.854. The van der Waals surface area contributed by atoms with E-state index in [1.165, 1.54) is 12.1 Å². The fourth-order valence-electron chi connectivity index (χ4n) is 0.854. The van der Waals surface area contributed by atoms with Crippen LogP contribution in [-0.4, -0.2) is 18.3 Å². The number of phenols is 1. The molecule has 1 aromatic rings. The molecule has 6 heteroatoms. The number of aromatic hydroxyl groups is 1. The highest BCUT2D eigenvalue weighted by Gasteiger charge is 2.02. The first-order chi connectivity index (χ1) is 6.74. The average molecular weight is 197 g/mol. The summed E-state index contributed by atoms with van der Waals surface area (Å²) in [7, 11) is 0. The second-order valence-corrected chi connectivity index (χ2v) is 2.41. The lowest BCUT2D eigenvalue weighted by molar-refractivity contribution is 0.307. The maximum atomic E-state index is 12.5. The quantitative estimate of drug-likeness (QED) is 0.347. The van der Waals surface area contributed by atoms with Gasteiger partial charge in [-0.2, -0.15) is 0 Å². The first-order valence-corrected chi connectivity index (χ1v) is 3.86. The monoisotopic (exact) mass is 197 g/mol. The van der Waals surface area contributed by atoms with Crippen molar-refractivity contribution in [3.05, 3.63) is 34.5 Å². The van der Waals surface area contributed by atoms with Crippen molar-refractivity contribution >= 4 is 0 Å². The van der Waals surface area contributed by atoms with Gasteiger partial charge in [0.2, 0.25) is 0 Å². The lowest BCUT2D eigenvalue weighted by Crippen LogP contribution is -2.00. The minimum absolute atomic E-state index is 0.142. The molecular weight excluding hydrogens is 189 g/mol. The maximum absolute atomic E-state index is 12.5. The van der Waals surface area contributed by atoms with Gasteiger partial charge in [-0.15, -0.1) is 0 Å². The Morgan fingerprint density at radius 3 is 3.00 bits per heavy atom. The number of ether oxygens (including phenoxy) is 1. The zero-order valence-corrected chi connectivity index (χ0v) is 7.22. The molecule has 1 rings (SSSR count). The summed E-state index contributed by atoms with van der Waals surface area (Å²) in [5, 5.41) is 12.4. The van der Waals surface area contributed by atoms with Crippen molar-refractivity contribution in [1.29, 1.82) is 0 Å². The molecule has 5 nitrogen and oxygen atoms in total. The molecule has 0 saturated heterocycles. The molecule has 0 radical (unpaired) electrons. The van der Waals surface area contributed by atoms with Gasteiger partial charge < -0.3 is 9.84 Å². The van der Waals surface area contributed by atoms with Crippen LogP contribution in [0.4, 0.5) is 4.39 Å². The van der Waals surface area contributed by atoms with E-state index in [9.17, 15) is 9.50 Å². The SMILES string of the molecule is [N-]=[N+]=NCCOc1ccc(F)cc1O. The molecule has 0 bridgehead atoms. The van der Waals surface area contributed by atoms with Gasteiger partial charge in [-0.05, 0) is 17.7 Å². The van der Waals surface area contributed by atoms with Gasteiger partial charge in [0.25, 0.3) is 0 Å². The molecule has 0 saturated carbocycles. The molecule has 1 aromatic carbocycles. The molecule has 0 heterocycles. The first-order valence-electron chi connectivity index (χ1n) is 3.86. The molecule has 0 atom stereocenters. The van der Waals surface area contributed by atoms with Crippen LogP contribution in [0.5, 0.6) is 11.5 Å². The van der Waals surface area contributed by atoms with E-state index in [0.717, 1.165) is 6.07 Å². The van der Waals surface area contributed by atoms with Crippen molar-refractivity contribution in [3.63, 3.8) is 0 Å². The summed E-state index contributed by atoms with van der Waals surface area (Å²) in [6, 6.07) is 3.42. The molecule has 74 valence electrons. The molecule has 0 unspecified atom stereocenters. The van der Waals surface area contributed by atoms with Gasteiger partial charge in [0.1, 0.15) is 5.82 Å². The van der Waals surface area contributed by atoms with E-state index < -0.39 is 5.82 Å². The van der Waals surface area contributed by atoms with Gasteiger partial charge in [-0.3, -0.25) is 0 Å².